The Balaban J connectivity index is 1.54. The van der Waals surface area contributed by atoms with E-state index in [-0.39, 0.29) is 30.3 Å². The van der Waals surface area contributed by atoms with Gasteiger partial charge in [-0.15, -0.1) is 6.42 Å². The summed E-state index contributed by atoms with van der Waals surface area (Å²) < 4.78 is 30.3. The number of nitrogens with zero attached hydrogens (tertiary/aromatic N) is 1. The van der Waals surface area contributed by atoms with E-state index < -0.39 is 12.1 Å². The van der Waals surface area contributed by atoms with Gasteiger partial charge in [0.1, 0.15) is 42.2 Å². The van der Waals surface area contributed by atoms with Crippen LogP contribution in [-0.4, -0.2) is 36.4 Å². The van der Waals surface area contributed by atoms with E-state index in [1.807, 2.05) is 48.6 Å². The number of halogens is 1. The van der Waals surface area contributed by atoms with Crippen molar-refractivity contribution in [1.82, 2.24) is 4.98 Å². The molecule has 0 aliphatic rings. The fraction of sp³-hybridized carbons (Fsp3) is 0.133. The van der Waals surface area contributed by atoms with Crippen molar-refractivity contribution in [3.05, 3.63) is 101 Å². The average molecular weight is 498 g/mol. The highest BCUT2D eigenvalue weighted by Crippen LogP contribution is 2.27. The van der Waals surface area contributed by atoms with E-state index in [4.69, 9.17) is 20.6 Å². The molecule has 1 N–H and O–H groups in total. The summed E-state index contributed by atoms with van der Waals surface area (Å²) in [5.74, 6) is 1.59. The van der Waals surface area contributed by atoms with Crippen molar-refractivity contribution in [2.24, 2.45) is 0 Å². The number of carbonyl (C=O) groups is 1. The van der Waals surface area contributed by atoms with Gasteiger partial charge in [-0.25, -0.2) is 14.2 Å². The van der Waals surface area contributed by atoms with Gasteiger partial charge in [-0.3, -0.25) is 0 Å². The van der Waals surface area contributed by atoms with Gasteiger partial charge in [0.15, 0.2) is 0 Å². The van der Waals surface area contributed by atoms with Crippen LogP contribution in [0.3, 0.4) is 0 Å². The van der Waals surface area contributed by atoms with Gasteiger partial charge in [-0.05, 0) is 59.7 Å². The van der Waals surface area contributed by atoms with Crippen molar-refractivity contribution < 1.29 is 28.5 Å². The molecule has 0 bridgehead atoms. The van der Waals surface area contributed by atoms with Crippen LogP contribution < -0.4 is 9.47 Å². The summed E-state index contributed by atoms with van der Waals surface area (Å²) in [6.07, 6.45) is 8.59. The Morgan fingerprint density at radius 1 is 1.11 bits per heavy atom. The average Bonchev–Trinajstić information content (AvgIpc) is 2.91. The molecule has 37 heavy (non-hydrogen) atoms. The van der Waals surface area contributed by atoms with Crippen molar-refractivity contribution in [2.45, 2.75) is 6.10 Å². The normalized spacial score (nSPS) is 11.8. The van der Waals surface area contributed by atoms with Crippen molar-refractivity contribution in [2.75, 3.05) is 20.3 Å². The first-order chi connectivity index (χ1) is 18.0. The number of rotatable bonds is 10. The van der Waals surface area contributed by atoms with Gasteiger partial charge in [0.2, 0.25) is 0 Å². The number of terminal acetylenes is 1. The van der Waals surface area contributed by atoms with Crippen LogP contribution in [-0.2, 0) is 4.74 Å². The molecular weight excluding hydrogens is 473 g/mol. The summed E-state index contributed by atoms with van der Waals surface area (Å²) in [5, 5.41) is 10.4. The van der Waals surface area contributed by atoms with Crippen LogP contribution in [0.1, 0.15) is 33.3 Å². The molecule has 0 spiro atoms. The number of methoxy groups -OCH3 is 1. The number of carboxylic acids is 1. The fourth-order valence-electron chi connectivity index (χ4n) is 3.73. The molecule has 0 amide bonds. The molecule has 0 aliphatic carbocycles. The Morgan fingerprint density at radius 3 is 2.73 bits per heavy atom. The van der Waals surface area contributed by atoms with E-state index >= 15 is 0 Å². The third-order valence-electron chi connectivity index (χ3n) is 5.58. The number of fused-ring (bicyclic) bond motifs is 1. The van der Waals surface area contributed by atoms with Crippen LogP contribution >= 0.6 is 0 Å². The SMILES string of the molecule is C#CCOC(COc1ccc(OC)cc1C(=O)O)c1cccc(/C=C/c2ccc3ccc(F)cc3n2)c1. The lowest BCUT2D eigenvalue weighted by Gasteiger charge is -2.19. The van der Waals surface area contributed by atoms with Gasteiger partial charge in [-0.1, -0.05) is 36.3 Å². The Hall–Kier alpha value is -4.67. The minimum Gasteiger partial charge on any atom is -0.497 e. The second-order valence-corrected chi connectivity index (χ2v) is 8.06. The molecule has 1 aromatic heterocycles. The molecule has 186 valence electrons. The Kier molecular flexibility index (Phi) is 8.14. The van der Waals surface area contributed by atoms with Gasteiger partial charge >= 0.3 is 5.97 Å². The van der Waals surface area contributed by atoms with Crippen molar-refractivity contribution in [3.63, 3.8) is 0 Å². The largest absolute Gasteiger partial charge is 0.497 e. The zero-order chi connectivity index (χ0) is 26.2. The second kappa shape index (κ2) is 11.8. The monoisotopic (exact) mass is 497 g/mol. The maximum atomic E-state index is 13.6. The van der Waals surface area contributed by atoms with Crippen molar-refractivity contribution in [3.8, 4) is 23.8 Å². The third kappa shape index (κ3) is 6.51. The lowest BCUT2D eigenvalue weighted by atomic mass is 10.1. The Labute approximate surface area is 214 Å². The van der Waals surface area contributed by atoms with Crippen LogP contribution in [0.15, 0.2) is 72.8 Å². The summed E-state index contributed by atoms with van der Waals surface area (Å²) in [6, 6.07) is 20.4. The third-order valence-corrected chi connectivity index (χ3v) is 5.58. The number of ether oxygens (including phenoxy) is 3. The first kappa shape index (κ1) is 25.4. The fourth-order valence-corrected chi connectivity index (χ4v) is 3.73. The molecular formula is C30H24FNO5. The molecule has 7 heteroatoms. The summed E-state index contributed by atoms with van der Waals surface area (Å²) >= 11 is 0. The van der Waals surface area contributed by atoms with Gasteiger partial charge in [-0.2, -0.15) is 0 Å². The number of hydrogen-bond acceptors (Lipinski definition) is 5. The molecule has 1 atom stereocenters. The Bertz CT molecular complexity index is 1490. The van der Waals surface area contributed by atoms with Crippen LogP contribution in [0.5, 0.6) is 11.5 Å². The van der Waals surface area contributed by atoms with E-state index in [9.17, 15) is 14.3 Å². The Morgan fingerprint density at radius 2 is 1.95 bits per heavy atom. The first-order valence-corrected chi connectivity index (χ1v) is 11.4. The summed E-state index contributed by atoms with van der Waals surface area (Å²) in [6.45, 7) is 0.0965. The molecule has 4 rings (SSSR count). The predicted octanol–water partition coefficient (Wildman–Crippen LogP) is 6.02. The number of hydrogen-bond donors (Lipinski definition) is 1. The second-order valence-electron chi connectivity index (χ2n) is 8.06. The van der Waals surface area contributed by atoms with Crippen LogP contribution in [0, 0.1) is 18.2 Å². The van der Waals surface area contributed by atoms with Gasteiger partial charge in [0.25, 0.3) is 0 Å². The van der Waals surface area contributed by atoms with Gasteiger partial charge in [0, 0.05) is 11.5 Å². The number of carboxylic acid groups (broad SMARTS) is 1. The molecule has 3 aromatic carbocycles. The predicted molar refractivity (Wildman–Crippen MR) is 140 cm³/mol. The van der Waals surface area contributed by atoms with Gasteiger partial charge in [0.05, 0.1) is 18.3 Å². The van der Waals surface area contributed by atoms with Crippen LogP contribution in [0.4, 0.5) is 4.39 Å². The molecule has 0 fully saturated rings. The zero-order valence-corrected chi connectivity index (χ0v) is 20.1. The maximum absolute atomic E-state index is 13.6. The van der Waals surface area contributed by atoms with E-state index in [0.29, 0.717) is 17.0 Å². The topological polar surface area (TPSA) is 77.9 Å². The van der Waals surface area contributed by atoms with Crippen molar-refractivity contribution in [1.29, 1.82) is 0 Å². The molecule has 0 saturated carbocycles. The molecule has 6 nitrogen and oxygen atoms in total. The summed E-state index contributed by atoms with van der Waals surface area (Å²) in [7, 11) is 1.46. The molecule has 0 radical (unpaired) electrons. The maximum Gasteiger partial charge on any atom is 0.339 e. The number of aromatic nitrogens is 1. The highest BCUT2D eigenvalue weighted by atomic mass is 19.1. The molecule has 1 heterocycles. The zero-order valence-electron chi connectivity index (χ0n) is 20.1. The quantitative estimate of drug-likeness (QED) is 0.270. The van der Waals surface area contributed by atoms with Crippen LogP contribution in [0.2, 0.25) is 0 Å². The first-order valence-electron chi connectivity index (χ1n) is 11.4. The number of benzene rings is 3. The molecule has 4 aromatic rings. The van der Waals surface area contributed by atoms with E-state index in [0.717, 1.165) is 16.5 Å². The molecule has 1 unspecified atom stereocenters. The lowest BCUT2D eigenvalue weighted by molar-refractivity contribution is 0.0375. The van der Waals surface area contributed by atoms with Gasteiger partial charge < -0.3 is 19.3 Å². The molecule has 0 saturated heterocycles. The van der Waals surface area contributed by atoms with E-state index in [1.165, 1.54) is 25.3 Å². The van der Waals surface area contributed by atoms with Crippen LogP contribution in [0.25, 0.3) is 23.1 Å². The highest BCUT2D eigenvalue weighted by molar-refractivity contribution is 5.91. The van der Waals surface area contributed by atoms with E-state index in [1.54, 1.807) is 18.2 Å². The lowest BCUT2D eigenvalue weighted by Crippen LogP contribution is -2.16. The number of aromatic carboxylic acids is 1. The van der Waals surface area contributed by atoms with E-state index in [2.05, 4.69) is 10.9 Å². The minimum atomic E-state index is -1.13. The summed E-state index contributed by atoms with van der Waals surface area (Å²) in [4.78, 5) is 16.2. The highest BCUT2D eigenvalue weighted by Gasteiger charge is 2.17. The standard InChI is InChI=1S/C30H24FNO5/c1-3-15-36-29(19-37-28-14-13-25(35-2)18-26(28)30(33)34)22-6-4-5-20(16-22)7-11-24-12-9-21-8-10-23(31)17-27(21)32-24/h1,4-14,16-18,29H,15,19H2,2H3,(H,33,34)/b11-7+. The molecule has 0 aliphatic heterocycles. The minimum absolute atomic E-state index is 0.0190. The smallest absolute Gasteiger partial charge is 0.339 e. The van der Waals surface area contributed by atoms with Crippen molar-refractivity contribution >= 4 is 29.0 Å². The summed E-state index contributed by atoms with van der Waals surface area (Å²) in [5.41, 5.74) is 2.93. The number of pyridine rings is 1.